The summed E-state index contributed by atoms with van der Waals surface area (Å²) >= 11 is 0. The Morgan fingerprint density at radius 3 is 1.48 bits per heavy atom. The molecule has 12 aromatic carbocycles. The molecule has 426 valence electrons. The summed E-state index contributed by atoms with van der Waals surface area (Å²) in [4.78, 5) is 2.55. The third-order valence-electron chi connectivity index (χ3n) is 18.7. The molecule has 0 bridgehead atoms. The van der Waals surface area contributed by atoms with Crippen molar-refractivity contribution >= 4 is 40.2 Å². The Kier molecular flexibility index (Phi) is 11.7. The maximum Gasteiger partial charge on any atom is 0.256 e. The fraction of sp³-hybridized carbons (Fsp3) is 0.153. The Morgan fingerprint density at radius 2 is 0.875 bits per heavy atom. The molecule has 2 heterocycles. The monoisotopic (exact) mass is 1140 g/mol. The number of fused-ring (bicyclic) bond motifs is 7. The third-order valence-corrected chi connectivity index (χ3v) is 18.7. The summed E-state index contributed by atoms with van der Waals surface area (Å²) < 4.78 is 52.1. The van der Waals surface area contributed by atoms with Crippen LogP contribution in [0.1, 0.15) is 108 Å². The highest BCUT2D eigenvalue weighted by Crippen LogP contribution is 2.59. The van der Waals surface area contributed by atoms with Crippen LogP contribution in [0, 0.1) is 0 Å². The van der Waals surface area contributed by atoms with Gasteiger partial charge in [-0.1, -0.05) is 299 Å². The Balaban J connectivity index is 1.09. The number of hydrogen-bond acceptors (Lipinski definition) is 2. The molecule has 2 nitrogen and oxygen atoms in total. The van der Waals surface area contributed by atoms with Crippen molar-refractivity contribution in [3.8, 4) is 78.3 Å². The highest BCUT2D eigenvalue weighted by Gasteiger charge is 2.49. The van der Waals surface area contributed by atoms with Gasteiger partial charge >= 0.3 is 0 Å². The normalized spacial score (nSPS) is 14.4. The molecule has 0 saturated heterocycles. The first kappa shape index (κ1) is 49.4. The minimum absolute atomic E-state index is 0.124. The quantitative estimate of drug-likeness (QED) is 0.141. The number of nitrogens with zero attached hydrogens (tertiary/aromatic N) is 1. The van der Waals surface area contributed by atoms with Gasteiger partial charge in [-0.2, -0.15) is 0 Å². The summed E-state index contributed by atoms with van der Waals surface area (Å²) in [5.74, 6) is 1.23. The maximum atomic E-state index is 9.22. The summed E-state index contributed by atoms with van der Waals surface area (Å²) in [7, 11) is 0. The molecule has 1 aliphatic carbocycles. The molecule has 88 heavy (non-hydrogen) atoms. The topological polar surface area (TPSA) is 12.5 Å². The Morgan fingerprint density at radius 1 is 0.364 bits per heavy atom. The Hall–Kier alpha value is -9.70. The first-order chi connectivity index (χ1) is 44.6. The molecule has 3 heteroatoms. The molecule has 0 atom stereocenters. The average Bonchev–Trinajstić information content (AvgIpc) is 1.69. The van der Waals surface area contributed by atoms with Crippen molar-refractivity contribution in [3.63, 3.8) is 0 Å². The van der Waals surface area contributed by atoms with E-state index in [4.69, 9.17) is 8.85 Å². The molecule has 0 fully saturated rings. The van der Waals surface area contributed by atoms with Gasteiger partial charge in [0, 0.05) is 22.5 Å². The van der Waals surface area contributed by atoms with E-state index in [0.717, 1.165) is 78.0 Å². The van der Waals surface area contributed by atoms with Crippen LogP contribution in [0.4, 0.5) is 17.1 Å². The smallest absolute Gasteiger partial charge is 0.256 e. The molecule has 0 unspecified atom stereocenters. The maximum absolute atomic E-state index is 9.22. The van der Waals surface area contributed by atoms with Crippen LogP contribution < -0.4 is 26.0 Å². The summed E-state index contributed by atoms with van der Waals surface area (Å²) in [6.07, 6.45) is 0. The zero-order chi connectivity index (χ0) is 64.6. The molecule has 0 amide bonds. The molecule has 15 rings (SSSR count). The number of ether oxygens (including phenoxy) is 1. The van der Waals surface area contributed by atoms with Gasteiger partial charge in [0.1, 0.15) is 11.5 Å². The van der Waals surface area contributed by atoms with Crippen molar-refractivity contribution in [2.45, 2.75) is 84.0 Å². The lowest BCUT2D eigenvalue weighted by Gasteiger charge is -2.42. The molecular formula is C85H72BNO. The molecule has 0 N–H and O–H groups in total. The lowest BCUT2D eigenvalue weighted by molar-refractivity contribution is 0.488. The van der Waals surface area contributed by atoms with E-state index in [0.29, 0.717) is 17.1 Å². The van der Waals surface area contributed by atoms with E-state index in [1.54, 1.807) is 0 Å². The van der Waals surface area contributed by atoms with Crippen LogP contribution in [-0.2, 0) is 21.7 Å². The minimum atomic E-state index is -0.685. The standard InChI is InChI=1S/C85H72BNO/c1-82(2,3)64-46-60(47-65(52-64)83(4,5)6)61-49-76-80-78(51-61)88-77-50-58(55-28-15-10-16-29-55)42-44-73(77)86(80)74-48-59(67-39-27-40-69-68-38-25-26-41-72(68)85(79(67)69,62-34-21-13-22-35-62)63-36-23-14-24-37-63)43-45-75(74)87(76)81-70(56-30-17-11-18-31-56)53-66(84(7,8)9)54-71(81)57-32-19-12-20-33-57/h10-54H,1-9H3/i10D,15D,16D,28D,29D. The highest BCUT2D eigenvalue weighted by atomic mass is 16.5. The van der Waals surface area contributed by atoms with Gasteiger partial charge in [0.05, 0.1) is 18.0 Å². The van der Waals surface area contributed by atoms with Crippen molar-refractivity contribution in [3.05, 3.63) is 312 Å². The van der Waals surface area contributed by atoms with Crippen molar-refractivity contribution in [2.24, 2.45) is 0 Å². The van der Waals surface area contributed by atoms with E-state index in [1.807, 2.05) is 12.1 Å². The van der Waals surface area contributed by atoms with Gasteiger partial charge in [0.2, 0.25) is 0 Å². The van der Waals surface area contributed by atoms with E-state index in [1.165, 1.54) is 50.1 Å². The Bertz CT molecular complexity index is 4840. The SMILES string of the molecule is [2H]c1c([2H])c([2H])c(-c2ccc3c(c2)Oc2cc(-c4cc(C(C)(C)C)cc(C(C)(C)C)c4)cc4c2B3c2cc(-c3cccc5c3C(c3ccccc3)(c3ccccc3)c3ccccc3-5)ccc2N4c2c(-c3ccccc3)cc(C(C)(C)C)cc2-c2ccccc2)c([2H])c1[2H]. The van der Waals surface area contributed by atoms with Crippen molar-refractivity contribution in [1.82, 2.24) is 0 Å². The number of rotatable bonds is 8. The second kappa shape index (κ2) is 20.7. The molecule has 0 radical (unpaired) electrons. The zero-order valence-electron chi connectivity index (χ0n) is 56.5. The van der Waals surface area contributed by atoms with Gasteiger partial charge in [-0.25, -0.2) is 0 Å². The number of hydrogen-bond donors (Lipinski definition) is 0. The molecule has 12 aromatic rings. The minimum Gasteiger partial charge on any atom is -0.458 e. The molecular weight excluding hydrogens is 1060 g/mol. The van der Waals surface area contributed by atoms with Gasteiger partial charge in [0.25, 0.3) is 6.71 Å². The zero-order valence-corrected chi connectivity index (χ0v) is 51.5. The summed E-state index contributed by atoms with van der Waals surface area (Å²) in [6.45, 7) is 20.2. The van der Waals surface area contributed by atoms with Crippen LogP contribution in [0.15, 0.2) is 273 Å². The fourth-order valence-corrected chi connectivity index (χ4v) is 14.3. The predicted molar refractivity (Wildman–Crippen MR) is 373 cm³/mol. The lowest BCUT2D eigenvalue weighted by atomic mass is 9.34. The van der Waals surface area contributed by atoms with E-state index >= 15 is 0 Å². The first-order valence-corrected chi connectivity index (χ1v) is 30.9. The van der Waals surface area contributed by atoms with Crippen molar-refractivity contribution in [1.29, 1.82) is 0 Å². The van der Waals surface area contributed by atoms with Gasteiger partial charge in [-0.15, -0.1) is 0 Å². The van der Waals surface area contributed by atoms with Crippen LogP contribution in [0.3, 0.4) is 0 Å². The van der Waals surface area contributed by atoms with Gasteiger partial charge < -0.3 is 9.64 Å². The average molecular weight is 1140 g/mol. The molecule has 0 spiro atoms. The highest BCUT2D eigenvalue weighted by molar-refractivity contribution is 6.99. The van der Waals surface area contributed by atoms with E-state index in [-0.39, 0.29) is 46.0 Å². The van der Waals surface area contributed by atoms with E-state index < -0.39 is 18.2 Å². The Labute approximate surface area is 528 Å². The fourth-order valence-electron chi connectivity index (χ4n) is 14.3. The van der Waals surface area contributed by atoms with Crippen LogP contribution >= 0.6 is 0 Å². The van der Waals surface area contributed by atoms with Crippen LogP contribution in [0.25, 0.3) is 66.8 Å². The molecule has 2 aliphatic heterocycles. The summed E-state index contributed by atoms with van der Waals surface area (Å²) in [6, 6.07) is 87.3. The lowest BCUT2D eigenvalue weighted by Crippen LogP contribution is -2.59. The van der Waals surface area contributed by atoms with Crippen LogP contribution in [0.5, 0.6) is 11.5 Å². The summed E-state index contributed by atoms with van der Waals surface area (Å²) in [5, 5.41) is 0. The second-order valence-electron chi connectivity index (χ2n) is 27.3. The number of anilines is 3. The van der Waals surface area contributed by atoms with Crippen molar-refractivity contribution < 1.29 is 11.6 Å². The molecule has 0 aromatic heterocycles. The predicted octanol–water partition coefficient (Wildman–Crippen LogP) is 20.7. The number of benzene rings is 12. The van der Waals surface area contributed by atoms with Crippen LogP contribution in [0.2, 0.25) is 0 Å². The first-order valence-electron chi connectivity index (χ1n) is 33.4. The van der Waals surface area contributed by atoms with Gasteiger partial charge in [-0.3, -0.25) is 0 Å². The largest absolute Gasteiger partial charge is 0.458 e. The molecule has 3 aliphatic rings. The third kappa shape index (κ3) is 9.00. The van der Waals surface area contributed by atoms with E-state index in [9.17, 15) is 2.74 Å². The summed E-state index contributed by atoms with van der Waals surface area (Å²) in [5.41, 5.74) is 24.8. The molecule has 0 saturated carbocycles. The van der Waals surface area contributed by atoms with Gasteiger partial charge in [0.15, 0.2) is 0 Å². The van der Waals surface area contributed by atoms with Crippen molar-refractivity contribution in [2.75, 3.05) is 4.90 Å². The van der Waals surface area contributed by atoms with Crippen LogP contribution in [-0.4, -0.2) is 6.71 Å². The second-order valence-corrected chi connectivity index (χ2v) is 27.3. The van der Waals surface area contributed by atoms with Gasteiger partial charge in [-0.05, 0) is 164 Å². The van der Waals surface area contributed by atoms with E-state index in [2.05, 4.69) is 298 Å².